The molecule has 1 aromatic rings. The fourth-order valence-corrected chi connectivity index (χ4v) is 1.98. The summed E-state index contributed by atoms with van der Waals surface area (Å²) in [7, 11) is 0. The minimum atomic E-state index is 0.0738. The second-order valence-electron chi connectivity index (χ2n) is 3.78. The summed E-state index contributed by atoms with van der Waals surface area (Å²) in [4.78, 5) is 11.7. The van der Waals surface area contributed by atoms with Crippen molar-refractivity contribution in [3.63, 3.8) is 0 Å². The standard InChI is InChI=1S/C13H15NO/c1-2-6-11-9-14-13(15)12(11)10-7-4-3-5-8-10/h3-5,7-8H,2,6,9H2,1H3,(H,14,15). The number of nitrogens with one attached hydrogen (secondary N) is 1. The summed E-state index contributed by atoms with van der Waals surface area (Å²) in [6.07, 6.45) is 2.09. The molecule has 2 rings (SSSR count). The Morgan fingerprint density at radius 3 is 2.67 bits per heavy atom. The van der Waals surface area contributed by atoms with Crippen molar-refractivity contribution in [1.82, 2.24) is 5.32 Å². The van der Waals surface area contributed by atoms with E-state index in [2.05, 4.69) is 12.2 Å². The third-order valence-corrected chi connectivity index (χ3v) is 2.66. The van der Waals surface area contributed by atoms with Gasteiger partial charge in [0.2, 0.25) is 0 Å². The zero-order chi connectivity index (χ0) is 10.7. The smallest absolute Gasteiger partial charge is 0.252 e. The second-order valence-corrected chi connectivity index (χ2v) is 3.78. The molecule has 1 aromatic carbocycles. The van der Waals surface area contributed by atoms with Crippen molar-refractivity contribution < 1.29 is 4.79 Å². The van der Waals surface area contributed by atoms with Gasteiger partial charge in [-0.15, -0.1) is 0 Å². The van der Waals surface area contributed by atoms with E-state index in [4.69, 9.17) is 0 Å². The van der Waals surface area contributed by atoms with E-state index in [1.807, 2.05) is 30.3 Å². The molecule has 1 amide bonds. The van der Waals surface area contributed by atoms with Crippen LogP contribution in [-0.4, -0.2) is 12.5 Å². The largest absolute Gasteiger partial charge is 0.348 e. The van der Waals surface area contributed by atoms with Crippen LogP contribution in [0, 0.1) is 0 Å². The van der Waals surface area contributed by atoms with Gasteiger partial charge in [-0.2, -0.15) is 0 Å². The lowest BCUT2D eigenvalue weighted by molar-refractivity contribution is -0.114. The van der Waals surface area contributed by atoms with E-state index in [0.29, 0.717) is 0 Å². The highest BCUT2D eigenvalue weighted by Crippen LogP contribution is 2.25. The molecule has 78 valence electrons. The highest BCUT2D eigenvalue weighted by Gasteiger charge is 2.22. The number of hydrogen-bond acceptors (Lipinski definition) is 1. The van der Waals surface area contributed by atoms with Crippen molar-refractivity contribution in [1.29, 1.82) is 0 Å². The molecule has 0 saturated carbocycles. The SMILES string of the molecule is CCCC1=C(c2ccccc2)C(=O)NC1. The maximum absolute atomic E-state index is 11.7. The van der Waals surface area contributed by atoms with E-state index in [9.17, 15) is 4.79 Å². The molecule has 1 aliphatic heterocycles. The van der Waals surface area contributed by atoms with E-state index in [1.165, 1.54) is 5.57 Å². The van der Waals surface area contributed by atoms with Crippen LogP contribution in [-0.2, 0) is 4.79 Å². The topological polar surface area (TPSA) is 29.1 Å². The van der Waals surface area contributed by atoms with Crippen LogP contribution >= 0.6 is 0 Å². The van der Waals surface area contributed by atoms with E-state index >= 15 is 0 Å². The molecule has 1 N–H and O–H groups in total. The van der Waals surface area contributed by atoms with E-state index in [-0.39, 0.29) is 5.91 Å². The molecule has 0 aliphatic carbocycles. The molecule has 0 bridgehead atoms. The Morgan fingerprint density at radius 2 is 2.00 bits per heavy atom. The molecular weight excluding hydrogens is 186 g/mol. The third kappa shape index (κ3) is 1.94. The van der Waals surface area contributed by atoms with Crippen LogP contribution in [0.4, 0.5) is 0 Å². The van der Waals surface area contributed by atoms with Gasteiger partial charge in [-0.25, -0.2) is 0 Å². The summed E-state index contributed by atoms with van der Waals surface area (Å²) in [5.74, 6) is 0.0738. The molecule has 0 aromatic heterocycles. The van der Waals surface area contributed by atoms with E-state index in [0.717, 1.165) is 30.5 Å². The van der Waals surface area contributed by atoms with Crippen LogP contribution in [0.3, 0.4) is 0 Å². The Bertz CT molecular complexity index is 392. The molecule has 1 heterocycles. The van der Waals surface area contributed by atoms with Crippen LogP contribution in [0.25, 0.3) is 5.57 Å². The normalized spacial score (nSPS) is 15.7. The number of benzene rings is 1. The van der Waals surface area contributed by atoms with Crippen LogP contribution in [0.2, 0.25) is 0 Å². The molecule has 0 atom stereocenters. The van der Waals surface area contributed by atoms with Gasteiger partial charge < -0.3 is 5.32 Å². The maximum Gasteiger partial charge on any atom is 0.252 e. The van der Waals surface area contributed by atoms with Gasteiger partial charge in [0.15, 0.2) is 0 Å². The van der Waals surface area contributed by atoms with Gasteiger partial charge >= 0.3 is 0 Å². The van der Waals surface area contributed by atoms with Crippen molar-refractivity contribution in [3.8, 4) is 0 Å². The molecule has 0 unspecified atom stereocenters. The Labute approximate surface area is 90.0 Å². The monoisotopic (exact) mass is 201 g/mol. The molecule has 0 spiro atoms. The summed E-state index contributed by atoms with van der Waals surface area (Å²) in [5, 5.41) is 2.89. The summed E-state index contributed by atoms with van der Waals surface area (Å²) < 4.78 is 0. The van der Waals surface area contributed by atoms with Crippen molar-refractivity contribution in [3.05, 3.63) is 41.5 Å². The number of carbonyl (C=O) groups is 1. The summed E-state index contributed by atoms with van der Waals surface area (Å²) in [6.45, 7) is 2.86. The first-order valence-corrected chi connectivity index (χ1v) is 5.38. The third-order valence-electron chi connectivity index (χ3n) is 2.66. The predicted molar refractivity (Wildman–Crippen MR) is 61.3 cm³/mol. The zero-order valence-electron chi connectivity index (χ0n) is 8.92. The lowest BCUT2D eigenvalue weighted by atomic mass is 9.99. The summed E-state index contributed by atoms with van der Waals surface area (Å²) >= 11 is 0. The molecule has 0 fully saturated rings. The first-order valence-electron chi connectivity index (χ1n) is 5.38. The van der Waals surface area contributed by atoms with Crippen LogP contribution < -0.4 is 5.32 Å². The van der Waals surface area contributed by atoms with Gasteiger partial charge in [-0.05, 0) is 17.6 Å². The molecule has 2 nitrogen and oxygen atoms in total. The zero-order valence-corrected chi connectivity index (χ0v) is 8.92. The average molecular weight is 201 g/mol. The van der Waals surface area contributed by atoms with Crippen LogP contribution in [0.1, 0.15) is 25.3 Å². The molecule has 15 heavy (non-hydrogen) atoms. The molecule has 0 saturated heterocycles. The van der Waals surface area contributed by atoms with Crippen molar-refractivity contribution >= 4 is 11.5 Å². The van der Waals surface area contributed by atoms with Crippen LogP contribution in [0.15, 0.2) is 35.9 Å². The number of carbonyl (C=O) groups excluding carboxylic acids is 1. The summed E-state index contributed by atoms with van der Waals surface area (Å²) in [6, 6.07) is 9.90. The van der Waals surface area contributed by atoms with Crippen LogP contribution in [0.5, 0.6) is 0 Å². The molecule has 1 aliphatic rings. The lowest BCUT2D eigenvalue weighted by Crippen LogP contribution is -2.17. The van der Waals surface area contributed by atoms with Gasteiger partial charge in [-0.3, -0.25) is 4.79 Å². The van der Waals surface area contributed by atoms with Crippen molar-refractivity contribution in [2.24, 2.45) is 0 Å². The Balaban J connectivity index is 2.39. The fourth-order valence-electron chi connectivity index (χ4n) is 1.98. The Morgan fingerprint density at radius 1 is 1.27 bits per heavy atom. The Kier molecular flexibility index (Phi) is 2.86. The highest BCUT2D eigenvalue weighted by molar-refractivity contribution is 6.22. The van der Waals surface area contributed by atoms with Gasteiger partial charge in [0.25, 0.3) is 5.91 Å². The van der Waals surface area contributed by atoms with E-state index in [1.54, 1.807) is 0 Å². The van der Waals surface area contributed by atoms with Gasteiger partial charge in [-0.1, -0.05) is 43.7 Å². The molecular formula is C13H15NO. The number of rotatable bonds is 3. The highest BCUT2D eigenvalue weighted by atomic mass is 16.1. The minimum Gasteiger partial charge on any atom is -0.348 e. The van der Waals surface area contributed by atoms with Gasteiger partial charge in [0, 0.05) is 12.1 Å². The van der Waals surface area contributed by atoms with Crippen molar-refractivity contribution in [2.45, 2.75) is 19.8 Å². The number of hydrogen-bond donors (Lipinski definition) is 1. The van der Waals surface area contributed by atoms with E-state index < -0.39 is 0 Å². The molecule has 2 heteroatoms. The van der Waals surface area contributed by atoms with Crippen molar-refractivity contribution in [2.75, 3.05) is 6.54 Å². The number of amides is 1. The maximum atomic E-state index is 11.7. The van der Waals surface area contributed by atoms with Gasteiger partial charge in [0.05, 0.1) is 0 Å². The minimum absolute atomic E-state index is 0.0738. The summed E-state index contributed by atoms with van der Waals surface area (Å²) in [5.41, 5.74) is 3.17. The predicted octanol–water partition coefficient (Wildman–Crippen LogP) is 2.37. The molecule has 0 radical (unpaired) electrons. The van der Waals surface area contributed by atoms with Gasteiger partial charge in [0.1, 0.15) is 0 Å². The first kappa shape index (κ1) is 9.97. The fraction of sp³-hybridized carbons (Fsp3) is 0.308. The lowest BCUT2D eigenvalue weighted by Gasteiger charge is -2.03. The average Bonchev–Trinajstić information content (AvgIpc) is 2.62. The quantitative estimate of drug-likeness (QED) is 0.799. The Hall–Kier alpha value is -1.57. The second kappa shape index (κ2) is 4.30. The first-order chi connectivity index (χ1) is 7.33.